The summed E-state index contributed by atoms with van der Waals surface area (Å²) in [6, 6.07) is -0.918. The first-order valence-corrected chi connectivity index (χ1v) is 30.1. The summed E-state index contributed by atoms with van der Waals surface area (Å²) in [4.78, 5) is 39.9. The molecule has 3 atom stereocenters. The molecule has 1 N–H and O–H groups in total. The van der Waals surface area contributed by atoms with Crippen LogP contribution < -0.4 is 10.2 Å². The van der Waals surface area contributed by atoms with Gasteiger partial charge < -0.3 is 28.5 Å². The van der Waals surface area contributed by atoms with Crippen molar-refractivity contribution in [1.29, 1.82) is 0 Å². The van der Waals surface area contributed by atoms with Crippen molar-refractivity contribution in [2.24, 2.45) is 0 Å². The first kappa shape index (κ1) is 67.9. The molecule has 3 unspecified atom stereocenters. The summed E-state index contributed by atoms with van der Waals surface area (Å²) >= 11 is 0. The van der Waals surface area contributed by atoms with Crippen molar-refractivity contribution in [2.45, 2.75) is 238 Å². The maximum atomic E-state index is 13.5. The van der Waals surface area contributed by atoms with E-state index in [1.807, 2.05) is 94.1 Å². The minimum atomic E-state index is -4.71. The Bertz CT molecular complexity index is 1540. The fourth-order valence-corrected chi connectivity index (χ4v) is 8.45. The molecule has 0 radical (unpaired) electrons. The van der Waals surface area contributed by atoms with Gasteiger partial charge in [0.25, 0.3) is 7.82 Å². The van der Waals surface area contributed by atoms with Crippen LogP contribution >= 0.6 is 7.82 Å². The van der Waals surface area contributed by atoms with Crippen molar-refractivity contribution < 1.29 is 37.3 Å². The topological polar surface area (TPSA) is 114 Å². The number of hydrogen-bond acceptors (Lipinski definition) is 7. The van der Waals surface area contributed by atoms with E-state index in [9.17, 15) is 19.0 Å². The average Bonchev–Trinajstić information content (AvgIpc) is 3.33. The van der Waals surface area contributed by atoms with E-state index in [-0.39, 0.29) is 31.3 Å². The SMILES string of the molecule is CC\C=C/C=C/C=C/C=C\C=C\C=C\CCCCCC(=O)NC(COP(=O)([O-])OCC[N+](C)(C)C)C(/C=C/CCCCCCCCCCCCC)OC(=O)CCCCCCCCC/C=C\CCCCCC. The Morgan fingerprint density at radius 3 is 1.42 bits per heavy atom. The summed E-state index contributed by atoms with van der Waals surface area (Å²) in [7, 11) is 1.14. The third kappa shape index (κ3) is 51.6. The van der Waals surface area contributed by atoms with Crippen LogP contribution in [0.2, 0.25) is 0 Å². The highest BCUT2D eigenvalue weighted by atomic mass is 31.2. The van der Waals surface area contributed by atoms with Crippen LogP contribution in [0.25, 0.3) is 0 Å². The van der Waals surface area contributed by atoms with E-state index in [2.05, 4.69) is 50.4 Å². The van der Waals surface area contributed by atoms with Gasteiger partial charge in [-0.25, -0.2) is 0 Å². The van der Waals surface area contributed by atoms with Gasteiger partial charge in [0.05, 0.1) is 33.8 Å². The van der Waals surface area contributed by atoms with Gasteiger partial charge in [0.15, 0.2) is 0 Å². The van der Waals surface area contributed by atoms with E-state index >= 15 is 0 Å². The number of likely N-dealkylation sites (N-methyl/N-ethyl adjacent to an activating group) is 1. The number of phosphoric ester groups is 1. The van der Waals surface area contributed by atoms with Crippen molar-refractivity contribution in [3.8, 4) is 0 Å². The van der Waals surface area contributed by atoms with Crippen LogP contribution in [-0.4, -0.2) is 69.4 Å². The lowest BCUT2D eigenvalue weighted by Crippen LogP contribution is -2.47. The second-order valence-electron chi connectivity index (χ2n) is 20.2. The Kier molecular flexibility index (Phi) is 48.3. The number of esters is 1. The molecule has 0 fully saturated rings. The Balaban J connectivity index is 5.49. The Labute approximate surface area is 437 Å². The number of nitrogens with zero attached hydrogens (tertiary/aromatic N) is 1. The second-order valence-corrected chi connectivity index (χ2v) is 21.6. The molecule has 9 nitrogen and oxygen atoms in total. The van der Waals surface area contributed by atoms with E-state index in [1.165, 1.54) is 109 Å². The second kappa shape index (κ2) is 50.5. The van der Waals surface area contributed by atoms with Crippen LogP contribution in [0, 0.1) is 0 Å². The zero-order valence-corrected chi connectivity index (χ0v) is 47.3. The molecular weight excluding hydrogens is 904 g/mol. The van der Waals surface area contributed by atoms with Crippen LogP contribution in [0.1, 0.15) is 226 Å². The number of hydrogen-bond donors (Lipinski definition) is 1. The average molecular weight is 1010 g/mol. The van der Waals surface area contributed by atoms with Crippen LogP contribution in [0.5, 0.6) is 0 Å². The molecule has 1 amide bonds. The fourth-order valence-electron chi connectivity index (χ4n) is 7.72. The number of amides is 1. The number of unbranched alkanes of at least 4 members (excludes halogenated alkanes) is 25. The standard InChI is InChI=1S/C61H107N2O7P/c1-7-10-13-16-19-22-25-28-30-31-33-35-38-41-44-47-50-53-60(64)62-58(57-69-71(66,67)68-56-55-63(4,5)6)59(52-49-46-43-40-37-34-27-24-21-18-15-12-9-3)70-61(65)54-51-48-45-42-39-36-32-29-26-23-20-17-14-11-8-2/h10,13,16,19,22-23,25-26,28,30-31,33,35,38,49,52,58-59H,7-9,11-12,14-15,17-18,20-21,24,27,29,32,34,36-37,39-48,50-51,53-57H2,1-6H3,(H-,62,64,66,67)/b13-10-,19-16+,25-22+,26-23-,30-28-,33-31+,38-35+,52-49+. The number of rotatable bonds is 50. The van der Waals surface area contributed by atoms with Crippen LogP contribution in [0.3, 0.4) is 0 Å². The molecule has 0 aromatic carbocycles. The number of phosphoric acid groups is 1. The van der Waals surface area contributed by atoms with Crippen LogP contribution in [0.15, 0.2) is 97.2 Å². The molecule has 0 saturated carbocycles. The normalized spacial score (nSPS) is 14.5. The highest BCUT2D eigenvalue weighted by molar-refractivity contribution is 7.45. The summed E-state index contributed by atoms with van der Waals surface area (Å²) in [5, 5.41) is 2.99. The molecule has 408 valence electrons. The van der Waals surface area contributed by atoms with Gasteiger partial charge in [-0.3, -0.25) is 14.2 Å². The number of ether oxygens (including phenoxy) is 1. The summed E-state index contributed by atoms with van der Waals surface area (Å²) in [6.07, 6.45) is 66.5. The predicted octanol–water partition coefficient (Wildman–Crippen LogP) is 16.6. The molecule has 0 aliphatic rings. The van der Waals surface area contributed by atoms with Gasteiger partial charge in [-0.15, -0.1) is 0 Å². The lowest BCUT2D eigenvalue weighted by atomic mass is 10.0. The predicted molar refractivity (Wildman–Crippen MR) is 302 cm³/mol. The van der Waals surface area contributed by atoms with Crippen molar-refractivity contribution >= 4 is 19.7 Å². The molecule has 10 heteroatoms. The number of carbonyl (C=O) groups is 2. The van der Waals surface area contributed by atoms with E-state index in [0.29, 0.717) is 23.9 Å². The number of allylic oxidation sites excluding steroid dienone is 15. The number of carbonyl (C=O) groups excluding carboxylic acids is 2. The Morgan fingerprint density at radius 2 is 0.915 bits per heavy atom. The summed E-state index contributed by atoms with van der Waals surface area (Å²) in [6.45, 7) is 6.63. The highest BCUT2D eigenvalue weighted by Crippen LogP contribution is 2.38. The van der Waals surface area contributed by atoms with Crippen LogP contribution in [-0.2, 0) is 27.9 Å². The minimum Gasteiger partial charge on any atom is -0.756 e. The molecule has 0 spiro atoms. The van der Waals surface area contributed by atoms with E-state index < -0.39 is 26.6 Å². The van der Waals surface area contributed by atoms with Crippen molar-refractivity contribution in [2.75, 3.05) is 40.9 Å². The Hall–Kier alpha value is -3.07. The number of nitrogens with one attached hydrogen (secondary N) is 1. The largest absolute Gasteiger partial charge is 0.756 e. The zero-order chi connectivity index (χ0) is 52.2. The summed E-state index contributed by atoms with van der Waals surface area (Å²) in [5.41, 5.74) is 0. The van der Waals surface area contributed by atoms with Crippen LogP contribution in [0.4, 0.5) is 0 Å². The van der Waals surface area contributed by atoms with Gasteiger partial charge in [-0.1, -0.05) is 234 Å². The molecule has 0 aliphatic heterocycles. The molecular formula is C61H107N2O7P. The molecule has 0 aliphatic carbocycles. The Morgan fingerprint density at radius 1 is 0.507 bits per heavy atom. The minimum absolute atomic E-state index is 0.0368. The summed E-state index contributed by atoms with van der Waals surface area (Å²) in [5.74, 6) is -0.602. The molecule has 0 bridgehead atoms. The summed E-state index contributed by atoms with van der Waals surface area (Å²) < 4.78 is 30.2. The van der Waals surface area contributed by atoms with Crippen molar-refractivity contribution in [3.63, 3.8) is 0 Å². The lowest BCUT2D eigenvalue weighted by molar-refractivity contribution is -0.870. The molecule has 71 heavy (non-hydrogen) atoms. The maximum absolute atomic E-state index is 13.5. The fraction of sp³-hybridized carbons (Fsp3) is 0.705. The molecule has 0 aromatic heterocycles. The van der Waals surface area contributed by atoms with E-state index in [0.717, 1.165) is 70.6 Å². The monoisotopic (exact) mass is 1010 g/mol. The first-order valence-electron chi connectivity index (χ1n) is 28.6. The number of quaternary nitrogens is 1. The van der Waals surface area contributed by atoms with Gasteiger partial charge in [0.2, 0.25) is 5.91 Å². The van der Waals surface area contributed by atoms with Crippen molar-refractivity contribution in [3.05, 3.63) is 97.2 Å². The van der Waals surface area contributed by atoms with Gasteiger partial charge in [-0.2, -0.15) is 0 Å². The van der Waals surface area contributed by atoms with E-state index in [4.69, 9.17) is 13.8 Å². The van der Waals surface area contributed by atoms with Crippen molar-refractivity contribution in [1.82, 2.24) is 5.32 Å². The molecule has 0 saturated heterocycles. The van der Waals surface area contributed by atoms with Gasteiger partial charge in [-0.05, 0) is 76.7 Å². The zero-order valence-electron chi connectivity index (χ0n) is 46.4. The molecule has 0 rings (SSSR count). The van der Waals surface area contributed by atoms with Gasteiger partial charge >= 0.3 is 5.97 Å². The molecule has 0 heterocycles. The maximum Gasteiger partial charge on any atom is 0.306 e. The quantitative estimate of drug-likeness (QED) is 0.0161. The van der Waals surface area contributed by atoms with Gasteiger partial charge in [0, 0.05) is 12.8 Å². The lowest BCUT2D eigenvalue weighted by Gasteiger charge is -2.30. The van der Waals surface area contributed by atoms with Gasteiger partial charge in [0.1, 0.15) is 19.3 Å². The van der Waals surface area contributed by atoms with E-state index in [1.54, 1.807) is 0 Å². The third-order valence-electron chi connectivity index (χ3n) is 12.2. The highest BCUT2D eigenvalue weighted by Gasteiger charge is 2.27. The molecule has 0 aromatic rings. The smallest absolute Gasteiger partial charge is 0.306 e. The first-order chi connectivity index (χ1) is 34.4. The third-order valence-corrected chi connectivity index (χ3v) is 13.1.